The molecule has 2 atom stereocenters. The number of furan rings is 1. The van der Waals surface area contributed by atoms with E-state index in [0.29, 0.717) is 51.9 Å². The Morgan fingerprint density at radius 2 is 1.97 bits per heavy atom. The lowest BCUT2D eigenvalue weighted by Gasteiger charge is -2.22. The van der Waals surface area contributed by atoms with E-state index in [-0.39, 0.29) is 23.9 Å². The van der Waals surface area contributed by atoms with Gasteiger partial charge in [-0.05, 0) is 31.2 Å². The number of alkyl halides is 2. The van der Waals surface area contributed by atoms with Crippen molar-refractivity contribution >= 4 is 38.9 Å². The summed E-state index contributed by atoms with van der Waals surface area (Å²) in [4.78, 5) is 17.5. The molecule has 8 nitrogen and oxygen atoms in total. The minimum atomic E-state index is -2.81. The zero-order valence-corrected chi connectivity index (χ0v) is 17.5. The Morgan fingerprint density at radius 1 is 1.12 bits per heavy atom. The normalized spacial score (nSPS) is 18.8. The van der Waals surface area contributed by atoms with Gasteiger partial charge in [0.15, 0.2) is 17.2 Å². The van der Waals surface area contributed by atoms with Crippen LogP contribution in [0.5, 0.6) is 11.8 Å². The number of anilines is 1. The minimum Gasteiger partial charge on any atom is -0.506 e. The summed E-state index contributed by atoms with van der Waals surface area (Å²) in [6.45, 7) is 2.38. The van der Waals surface area contributed by atoms with Gasteiger partial charge in [0.2, 0.25) is 0 Å². The van der Waals surface area contributed by atoms with Crippen LogP contribution in [-0.4, -0.2) is 43.7 Å². The Labute approximate surface area is 185 Å². The standard InChI is InChI=1S/C23H19F2N5O3/c1-11-9-12(32-23-26-14-6-4-7-15(31)18(14)28-23)10-30(11)22-19-17(27-21(29-22)20(24)25)13-5-2-3-8-16(13)33-19/h2-8,11-12,20,31H,9-10H2,1H3,(H,26,28)/t11-,12+/m1/s1. The average Bonchev–Trinajstić information content (AvgIpc) is 3.48. The van der Waals surface area contributed by atoms with E-state index >= 15 is 0 Å². The third-order valence-corrected chi connectivity index (χ3v) is 5.97. The van der Waals surface area contributed by atoms with Crippen molar-refractivity contribution in [3.05, 3.63) is 48.3 Å². The number of imidazole rings is 1. The number of rotatable bonds is 4. The van der Waals surface area contributed by atoms with Crippen molar-refractivity contribution in [1.82, 2.24) is 19.9 Å². The summed E-state index contributed by atoms with van der Waals surface area (Å²) in [6.07, 6.45) is -2.46. The number of phenols is 1. The van der Waals surface area contributed by atoms with Crippen molar-refractivity contribution in [2.24, 2.45) is 0 Å². The highest BCUT2D eigenvalue weighted by Gasteiger charge is 2.35. The molecule has 3 aromatic heterocycles. The fourth-order valence-corrected chi connectivity index (χ4v) is 4.46. The lowest BCUT2D eigenvalue weighted by molar-refractivity contribution is 0.141. The van der Waals surface area contributed by atoms with Crippen LogP contribution in [0, 0.1) is 0 Å². The fourth-order valence-electron chi connectivity index (χ4n) is 4.46. The maximum absolute atomic E-state index is 13.6. The van der Waals surface area contributed by atoms with Gasteiger partial charge in [-0.3, -0.25) is 0 Å². The molecule has 0 amide bonds. The smallest absolute Gasteiger partial charge is 0.297 e. The monoisotopic (exact) mass is 451 g/mol. The van der Waals surface area contributed by atoms with Crippen molar-refractivity contribution in [2.75, 3.05) is 11.4 Å². The number of aromatic nitrogens is 4. The Morgan fingerprint density at radius 3 is 2.79 bits per heavy atom. The summed E-state index contributed by atoms with van der Waals surface area (Å²) in [5.41, 5.74) is 2.40. The molecule has 5 aromatic rings. The molecule has 2 N–H and O–H groups in total. The Balaban J connectivity index is 1.36. The predicted octanol–water partition coefficient (Wildman–Crippen LogP) is 4.94. The molecule has 10 heteroatoms. The number of ether oxygens (including phenoxy) is 1. The van der Waals surface area contributed by atoms with E-state index in [4.69, 9.17) is 9.15 Å². The van der Waals surface area contributed by atoms with Gasteiger partial charge in [-0.2, -0.15) is 4.98 Å². The summed E-state index contributed by atoms with van der Waals surface area (Å²) < 4.78 is 39.3. The van der Waals surface area contributed by atoms with E-state index in [0.717, 1.165) is 0 Å². The van der Waals surface area contributed by atoms with E-state index in [1.807, 2.05) is 24.0 Å². The number of fused-ring (bicyclic) bond motifs is 4. The second kappa shape index (κ2) is 7.29. The number of halogens is 2. The fraction of sp³-hybridized carbons (Fsp3) is 0.261. The molecular weight excluding hydrogens is 432 g/mol. The number of benzene rings is 2. The molecule has 0 bridgehead atoms. The molecule has 4 heterocycles. The number of phenolic OH excluding ortho intramolecular Hbond substituents is 1. The molecule has 0 spiro atoms. The van der Waals surface area contributed by atoms with Crippen molar-refractivity contribution in [2.45, 2.75) is 31.9 Å². The van der Waals surface area contributed by atoms with Gasteiger partial charge < -0.3 is 24.1 Å². The Kier molecular flexibility index (Phi) is 4.36. The average molecular weight is 451 g/mol. The topological polar surface area (TPSA) is 100 Å². The van der Waals surface area contributed by atoms with Crippen LogP contribution < -0.4 is 9.64 Å². The molecular formula is C23H19F2N5O3. The van der Waals surface area contributed by atoms with Crippen LogP contribution in [0.3, 0.4) is 0 Å². The zero-order valence-electron chi connectivity index (χ0n) is 17.5. The number of nitrogens with one attached hydrogen (secondary N) is 1. The van der Waals surface area contributed by atoms with E-state index in [1.165, 1.54) is 0 Å². The molecule has 168 valence electrons. The number of H-pyrrole nitrogens is 1. The summed E-state index contributed by atoms with van der Waals surface area (Å²) in [5.74, 6) is -0.145. The van der Waals surface area contributed by atoms with Gasteiger partial charge in [-0.15, -0.1) is 0 Å². The summed E-state index contributed by atoms with van der Waals surface area (Å²) in [5, 5.41) is 10.6. The molecule has 1 saturated heterocycles. The molecule has 0 radical (unpaired) electrons. The number of hydrogen-bond donors (Lipinski definition) is 2. The third-order valence-electron chi connectivity index (χ3n) is 5.97. The van der Waals surface area contributed by atoms with Crippen LogP contribution in [0.2, 0.25) is 0 Å². The van der Waals surface area contributed by atoms with Crippen LogP contribution in [0.4, 0.5) is 14.6 Å². The van der Waals surface area contributed by atoms with E-state index in [9.17, 15) is 13.9 Å². The first-order valence-electron chi connectivity index (χ1n) is 10.6. The highest BCUT2D eigenvalue weighted by molar-refractivity contribution is 6.05. The van der Waals surface area contributed by atoms with E-state index < -0.39 is 12.2 Å². The molecule has 6 rings (SSSR count). The molecule has 1 aliphatic heterocycles. The first-order chi connectivity index (χ1) is 16.0. The van der Waals surface area contributed by atoms with Gasteiger partial charge in [-0.1, -0.05) is 18.2 Å². The summed E-state index contributed by atoms with van der Waals surface area (Å²) >= 11 is 0. The van der Waals surface area contributed by atoms with E-state index in [1.54, 1.807) is 30.3 Å². The van der Waals surface area contributed by atoms with Crippen LogP contribution in [0.1, 0.15) is 25.6 Å². The van der Waals surface area contributed by atoms with Crippen molar-refractivity contribution < 1.29 is 23.0 Å². The maximum Gasteiger partial charge on any atom is 0.297 e. The van der Waals surface area contributed by atoms with Gasteiger partial charge in [-0.25, -0.2) is 18.7 Å². The highest BCUT2D eigenvalue weighted by atomic mass is 19.3. The minimum absolute atomic E-state index is 0.0513. The molecule has 2 aromatic carbocycles. The number of aromatic amines is 1. The first kappa shape index (κ1) is 19.7. The van der Waals surface area contributed by atoms with Crippen molar-refractivity contribution in [3.8, 4) is 11.8 Å². The second-order valence-corrected chi connectivity index (χ2v) is 8.17. The summed E-state index contributed by atoms with van der Waals surface area (Å²) in [7, 11) is 0. The zero-order chi connectivity index (χ0) is 22.7. The van der Waals surface area contributed by atoms with Gasteiger partial charge in [0.05, 0.1) is 12.1 Å². The Bertz CT molecular complexity index is 1500. The molecule has 0 aliphatic carbocycles. The molecule has 0 saturated carbocycles. The van der Waals surface area contributed by atoms with Crippen LogP contribution in [0.25, 0.3) is 33.1 Å². The van der Waals surface area contributed by atoms with E-state index in [2.05, 4.69) is 19.9 Å². The number of nitrogens with zero attached hydrogens (tertiary/aromatic N) is 4. The predicted molar refractivity (Wildman–Crippen MR) is 118 cm³/mol. The second-order valence-electron chi connectivity index (χ2n) is 8.17. The lowest BCUT2D eigenvalue weighted by Crippen LogP contribution is -2.29. The largest absolute Gasteiger partial charge is 0.506 e. The highest BCUT2D eigenvalue weighted by Crippen LogP contribution is 2.37. The van der Waals surface area contributed by atoms with Gasteiger partial charge in [0.25, 0.3) is 12.4 Å². The van der Waals surface area contributed by atoms with Gasteiger partial charge >= 0.3 is 0 Å². The third kappa shape index (κ3) is 3.21. The van der Waals surface area contributed by atoms with Crippen molar-refractivity contribution in [3.63, 3.8) is 0 Å². The molecule has 1 aliphatic rings. The lowest BCUT2D eigenvalue weighted by atomic mass is 10.2. The van der Waals surface area contributed by atoms with Crippen LogP contribution in [0.15, 0.2) is 46.9 Å². The van der Waals surface area contributed by atoms with Crippen molar-refractivity contribution in [1.29, 1.82) is 0 Å². The molecule has 1 fully saturated rings. The van der Waals surface area contributed by atoms with Gasteiger partial charge in [0.1, 0.15) is 28.5 Å². The quantitative estimate of drug-likeness (QED) is 0.399. The Hall–Kier alpha value is -3.95. The van der Waals surface area contributed by atoms with Gasteiger partial charge in [0, 0.05) is 17.8 Å². The number of hydrogen-bond acceptors (Lipinski definition) is 7. The summed E-state index contributed by atoms with van der Waals surface area (Å²) in [6, 6.07) is 12.5. The molecule has 0 unspecified atom stereocenters. The number of aromatic hydroxyl groups is 1. The first-order valence-corrected chi connectivity index (χ1v) is 10.6. The maximum atomic E-state index is 13.6. The van der Waals surface area contributed by atoms with Crippen LogP contribution in [-0.2, 0) is 0 Å². The van der Waals surface area contributed by atoms with Crippen LogP contribution >= 0.6 is 0 Å². The molecule has 33 heavy (non-hydrogen) atoms. The SMILES string of the molecule is C[C@@H]1C[C@H](Oc2nc3c(O)cccc3[nH]2)CN1c1nc(C(F)F)nc2c1oc1ccccc12. The number of para-hydroxylation sites is 2.